The van der Waals surface area contributed by atoms with Gasteiger partial charge in [-0.15, -0.1) is 24.0 Å². The summed E-state index contributed by atoms with van der Waals surface area (Å²) >= 11 is 1.78. The molecule has 1 atom stereocenters. The van der Waals surface area contributed by atoms with Gasteiger partial charge in [0.2, 0.25) is 5.91 Å². The molecule has 0 bridgehead atoms. The summed E-state index contributed by atoms with van der Waals surface area (Å²) in [5.41, 5.74) is 1.17. The molecule has 7 nitrogen and oxygen atoms in total. The molecule has 9 heteroatoms. The Morgan fingerprint density at radius 1 is 1.41 bits per heavy atom. The van der Waals surface area contributed by atoms with Crippen molar-refractivity contribution in [3.8, 4) is 5.75 Å². The van der Waals surface area contributed by atoms with E-state index in [1.54, 1.807) is 37.9 Å². The summed E-state index contributed by atoms with van der Waals surface area (Å²) in [7, 11) is 5.19. The van der Waals surface area contributed by atoms with Gasteiger partial charge in [-0.2, -0.15) is 11.8 Å². The minimum Gasteiger partial charge on any atom is -0.497 e. The van der Waals surface area contributed by atoms with Gasteiger partial charge in [0.1, 0.15) is 12.3 Å². The number of halogens is 1. The van der Waals surface area contributed by atoms with Crippen molar-refractivity contribution in [2.45, 2.75) is 18.9 Å². The zero-order valence-electron chi connectivity index (χ0n) is 17.8. The van der Waals surface area contributed by atoms with Crippen LogP contribution in [0.15, 0.2) is 29.3 Å². The number of methoxy groups -OCH3 is 1. The lowest BCUT2D eigenvalue weighted by Gasteiger charge is -2.35. The van der Waals surface area contributed by atoms with E-state index in [4.69, 9.17) is 4.74 Å². The highest BCUT2D eigenvalue weighted by Crippen LogP contribution is 2.24. The van der Waals surface area contributed by atoms with E-state index < -0.39 is 0 Å². The maximum Gasteiger partial charge on any atom is 0.243 e. The van der Waals surface area contributed by atoms with E-state index in [-0.39, 0.29) is 42.5 Å². The van der Waals surface area contributed by atoms with E-state index in [9.17, 15) is 4.79 Å². The molecule has 2 rings (SSSR count). The Morgan fingerprint density at radius 3 is 2.90 bits per heavy atom. The average Bonchev–Trinajstić information content (AvgIpc) is 2.72. The Morgan fingerprint density at radius 2 is 2.21 bits per heavy atom. The van der Waals surface area contributed by atoms with E-state index in [1.165, 1.54) is 5.69 Å². The van der Waals surface area contributed by atoms with Crippen LogP contribution in [0.5, 0.6) is 5.75 Å². The third kappa shape index (κ3) is 8.90. The largest absolute Gasteiger partial charge is 0.497 e. The van der Waals surface area contributed by atoms with Crippen molar-refractivity contribution in [2.75, 3.05) is 64.3 Å². The average molecular weight is 535 g/mol. The lowest BCUT2D eigenvalue weighted by atomic mass is 10.0. The van der Waals surface area contributed by atoms with Gasteiger partial charge in [-0.1, -0.05) is 6.07 Å². The first-order valence-electron chi connectivity index (χ1n) is 9.66. The number of hydrogen-bond acceptors (Lipinski definition) is 5. The number of nitrogens with zero attached hydrogens (tertiary/aromatic N) is 3. The van der Waals surface area contributed by atoms with Crippen molar-refractivity contribution >= 4 is 53.3 Å². The molecule has 1 saturated heterocycles. The second-order valence-electron chi connectivity index (χ2n) is 7.00. The van der Waals surface area contributed by atoms with Gasteiger partial charge in [0, 0.05) is 57.3 Å². The lowest BCUT2D eigenvalue weighted by molar-refractivity contribution is -0.127. The van der Waals surface area contributed by atoms with Gasteiger partial charge in [-0.3, -0.25) is 4.79 Å². The SMILES string of the molecule is COc1cccc(N2CCCC(NC(=NCC(=O)N(C)C)NCCSC)C2)c1.I. The van der Waals surface area contributed by atoms with E-state index >= 15 is 0 Å². The zero-order valence-corrected chi connectivity index (χ0v) is 21.0. The molecule has 0 radical (unpaired) electrons. The third-order valence-corrected chi connectivity index (χ3v) is 5.26. The van der Waals surface area contributed by atoms with E-state index in [0.29, 0.717) is 5.96 Å². The quantitative estimate of drug-likeness (QED) is 0.231. The lowest BCUT2D eigenvalue weighted by Crippen LogP contribution is -2.51. The highest BCUT2D eigenvalue weighted by atomic mass is 127. The van der Waals surface area contributed by atoms with Crippen LogP contribution in [-0.4, -0.2) is 82.2 Å². The smallest absolute Gasteiger partial charge is 0.243 e. The maximum absolute atomic E-state index is 11.9. The number of anilines is 1. The van der Waals surface area contributed by atoms with Crippen LogP contribution in [0, 0.1) is 0 Å². The summed E-state index contributed by atoms with van der Waals surface area (Å²) < 4.78 is 5.36. The van der Waals surface area contributed by atoms with Crippen LogP contribution >= 0.6 is 35.7 Å². The van der Waals surface area contributed by atoms with Crippen molar-refractivity contribution in [2.24, 2.45) is 4.99 Å². The molecule has 1 aliphatic rings. The first kappa shape index (κ1) is 25.7. The van der Waals surface area contributed by atoms with Crippen LogP contribution in [0.25, 0.3) is 0 Å². The molecule has 1 aromatic rings. The Hall–Kier alpha value is -1.36. The zero-order chi connectivity index (χ0) is 20.4. The molecule has 2 N–H and O–H groups in total. The van der Waals surface area contributed by atoms with Crippen LogP contribution in [0.1, 0.15) is 12.8 Å². The summed E-state index contributed by atoms with van der Waals surface area (Å²) in [6.07, 6.45) is 4.25. The molecule has 164 valence electrons. The first-order chi connectivity index (χ1) is 13.5. The summed E-state index contributed by atoms with van der Waals surface area (Å²) in [6.45, 7) is 2.87. The fraction of sp³-hybridized carbons (Fsp3) is 0.600. The molecule has 1 aliphatic heterocycles. The van der Waals surface area contributed by atoms with Gasteiger partial charge in [-0.05, 0) is 31.2 Å². The minimum absolute atomic E-state index is 0. The molecule has 1 aromatic carbocycles. The number of amides is 1. The molecule has 0 saturated carbocycles. The Kier molecular flexibility index (Phi) is 12.2. The second-order valence-corrected chi connectivity index (χ2v) is 7.99. The highest BCUT2D eigenvalue weighted by Gasteiger charge is 2.21. The number of hydrogen-bond donors (Lipinski definition) is 2. The van der Waals surface area contributed by atoms with Gasteiger partial charge in [-0.25, -0.2) is 4.99 Å². The van der Waals surface area contributed by atoms with Crippen LogP contribution in [0.3, 0.4) is 0 Å². The van der Waals surface area contributed by atoms with Gasteiger partial charge in [0.05, 0.1) is 7.11 Å². The Bertz CT molecular complexity index is 660. The van der Waals surface area contributed by atoms with Crippen molar-refractivity contribution in [1.29, 1.82) is 0 Å². The molecule has 29 heavy (non-hydrogen) atoms. The number of piperidine rings is 1. The van der Waals surface area contributed by atoms with Crippen molar-refractivity contribution in [1.82, 2.24) is 15.5 Å². The minimum atomic E-state index is -0.00684. The normalized spacial score (nSPS) is 16.6. The standard InChI is InChI=1S/C20H33N5O2S.HI/c1-24(2)19(26)14-22-20(21-10-12-28-4)23-16-7-6-11-25(15-16)17-8-5-9-18(13-17)27-3;/h5,8-9,13,16H,6-7,10-12,14-15H2,1-4H3,(H2,21,22,23);1H. The van der Waals surface area contributed by atoms with Gasteiger partial charge in [0.15, 0.2) is 5.96 Å². The molecule has 1 heterocycles. The summed E-state index contributed by atoms with van der Waals surface area (Å²) in [5, 5.41) is 6.87. The Balaban J connectivity index is 0.00000420. The number of likely N-dealkylation sites (N-methyl/N-ethyl adjacent to an activating group) is 1. The molecular formula is C20H34IN5O2S. The molecule has 1 amide bonds. The number of carbonyl (C=O) groups excluding carboxylic acids is 1. The topological polar surface area (TPSA) is 69.2 Å². The maximum atomic E-state index is 11.9. The van der Waals surface area contributed by atoms with E-state index in [2.05, 4.69) is 38.9 Å². The van der Waals surface area contributed by atoms with E-state index in [0.717, 1.165) is 44.0 Å². The van der Waals surface area contributed by atoms with Crippen LogP contribution in [0.2, 0.25) is 0 Å². The van der Waals surface area contributed by atoms with Crippen molar-refractivity contribution < 1.29 is 9.53 Å². The predicted molar refractivity (Wildman–Crippen MR) is 134 cm³/mol. The molecule has 1 unspecified atom stereocenters. The molecular weight excluding hydrogens is 501 g/mol. The number of aliphatic imine (C=N–C) groups is 1. The number of carbonyl (C=O) groups is 1. The Labute approximate surface area is 196 Å². The van der Waals surface area contributed by atoms with Crippen LogP contribution in [-0.2, 0) is 4.79 Å². The monoisotopic (exact) mass is 535 g/mol. The number of rotatable bonds is 8. The second kappa shape index (κ2) is 13.8. The van der Waals surface area contributed by atoms with E-state index in [1.807, 2.05) is 12.1 Å². The van der Waals surface area contributed by atoms with Gasteiger partial charge in [0.25, 0.3) is 0 Å². The third-order valence-electron chi connectivity index (χ3n) is 4.65. The first-order valence-corrected chi connectivity index (χ1v) is 11.1. The number of benzene rings is 1. The van der Waals surface area contributed by atoms with Crippen molar-refractivity contribution in [3.63, 3.8) is 0 Å². The summed E-state index contributed by atoms with van der Waals surface area (Å²) in [4.78, 5) is 20.3. The number of nitrogens with one attached hydrogen (secondary N) is 2. The molecule has 1 fully saturated rings. The van der Waals surface area contributed by atoms with Gasteiger partial charge >= 0.3 is 0 Å². The predicted octanol–water partition coefficient (Wildman–Crippen LogP) is 2.27. The summed E-state index contributed by atoms with van der Waals surface area (Å²) in [5.74, 6) is 2.56. The highest BCUT2D eigenvalue weighted by molar-refractivity contribution is 14.0. The van der Waals surface area contributed by atoms with Crippen molar-refractivity contribution in [3.05, 3.63) is 24.3 Å². The fourth-order valence-corrected chi connectivity index (χ4v) is 3.35. The number of guanidine groups is 1. The van der Waals surface area contributed by atoms with Crippen LogP contribution < -0.4 is 20.3 Å². The summed E-state index contributed by atoms with van der Waals surface area (Å²) in [6, 6.07) is 8.45. The van der Waals surface area contributed by atoms with Gasteiger partial charge < -0.3 is 25.2 Å². The number of ether oxygens (including phenoxy) is 1. The molecule has 0 aromatic heterocycles. The molecule has 0 aliphatic carbocycles. The number of thioether (sulfide) groups is 1. The van der Waals surface area contributed by atoms with Crippen LogP contribution in [0.4, 0.5) is 5.69 Å². The fourth-order valence-electron chi connectivity index (χ4n) is 3.04. The molecule has 0 spiro atoms.